The Morgan fingerprint density at radius 3 is 2.33 bits per heavy atom. The fourth-order valence-corrected chi connectivity index (χ4v) is 3.74. The Balaban J connectivity index is 2.54. The molecule has 0 unspecified atom stereocenters. The summed E-state index contributed by atoms with van der Waals surface area (Å²) >= 11 is 0. The first-order chi connectivity index (χ1) is 7.09. The zero-order valence-corrected chi connectivity index (χ0v) is 10.4. The van der Waals surface area contributed by atoms with Gasteiger partial charge in [0.05, 0.1) is 5.75 Å². The average molecular weight is 233 g/mol. The van der Waals surface area contributed by atoms with Crippen molar-refractivity contribution in [1.82, 2.24) is 0 Å². The molecule has 0 saturated heterocycles. The molecule has 0 radical (unpaired) electrons. The van der Waals surface area contributed by atoms with Gasteiger partial charge in [-0.2, -0.15) is 0 Å². The lowest BCUT2D eigenvalue weighted by Gasteiger charge is -2.29. The molecule has 2 N–H and O–H groups in total. The Hall–Kier alpha value is -0.0900. The molecule has 0 aromatic heterocycles. The highest BCUT2D eigenvalue weighted by atomic mass is 32.2. The summed E-state index contributed by atoms with van der Waals surface area (Å²) in [4.78, 5) is 0. The summed E-state index contributed by atoms with van der Waals surface area (Å²) in [6.07, 6.45) is 6.12. The van der Waals surface area contributed by atoms with E-state index in [2.05, 4.69) is 0 Å². The minimum atomic E-state index is -2.86. The normalized spacial score (nSPS) is 21.5. The molecule has 3 nitrogen and oxygen atoms in total. The summed E-state index contributed by atoms with van der Waals surface area (Å²) in [7, 11) is -2.86. The van der Waals surface area contributed by atoms with Gasteiger partial charge < -0.3 is 5.73 Å². The Kier molecular flexibility index (Phi) is 5.06. The number of hydrogen-bond donors (Lipinski definition) is 1. The van der Waals surface area contributed by atoms with Crippen LogP contribution < -0.4 is 5.73 Å². The van der Waals surface area contributed by atoms with Gasteiger partial charge in [0.1, 0.15) is 9.84 Å². The van der Waals surface area contributed by atoms with Crippen LogP contribution in [0, 0.1) is 11.8 Å². The van der Waals surface area contributed by atoms with Gasteiger partial charge in [0.2, 0.25) is 0 Å². The van der Waals surface area contributed by atoms with Crippen molar-refractivity contribution in [3.8, 4) is 0 Å². The second-order valence-corrected chi connectivity index (χ2v) is 6.99. The predicted molar refractivity (Wildman–Crippen MR) is 63.4 cm³/mol. The van der Waals surface area contributed by atoms with Crippen LogP contribution in [-0.4, -0.2) is 26.5 Å². The Morgan fingerprint density at radius 2 is 1.87 bits per heavy atom. The smallest absolute Gasteiger partial charge is 0.150 e. The van der Waals surface area contributed by atoms with Crippen LogP contribution in [0.1, 0.15) is 39.0 Å². The van der Waals surface area contributed by atoms with Gasteiger partial charge in [0.15, 0.2) is 0 Å². The number of rotatable bonds is 5. The van der Waals surface area contributed by atoms with Crippen LogP contribution in [0.4, 0.5) is 0 Å². The van der Waals surface area contributed by atoms with E-state index >= 15 is 0 Å². The van der Waals surface area contributed by atoms with Gasteiger partial charge in [-0.1, -0.05) is 39.0 Å². The van der Waals surface area contributed by atoms with E-state index in [4.69, 9.17) is 5.73 Å². The second kappa shape index (κ2) is 5.85. The van der Waals surface area contributed by atoms with Crippen LogP contribution in [0.25, 0.3) is 0 Å². The molecule has 0 spiro atoms. The largest absolute Gasteiger partial charge is 0.330 e. The van der Waals surface area contributed by atoms with Crippen LogP contribution in [0.3, 0.4) is 0 Å². The number of hydrogen-bond acceptors (Lipinski definition) is 3. The molecule has 1 fully saturated rings. The van der Waals surface area contributed by atoms with E-state index in [-0.39, 0.29) is 11.7 Å². The zero-order chi connectivity index (χ0) is 11.3. The molecule has 0 amide bonds. The quantitative estimate of drug-likeness (QED) is 0.784. The van der Waals surface area contributed by atoms with Crippen LogP contribution in [-0.2, 0) is 9.84 Å². The van der Waals surface area contributed by atoms with Crippen LogP contribution in [0.5, 0.6) is 0 Å². The van der Waals surface area contributed by atoms with Crippen molar-refractivity contribution in [3.63, 3.8) is 0 Å². The maximum Gasteiger partial charge on any atom is 0.150 e. The van der Waals surface area contributed by atoms with E-state index in [0.717, 1.165) is 0 Å². The van der Waals surface area contributed by atoms with Crippen LogP contribution in [0.2, 0.25) is 0 Å². The fraction of sp³-hybridized carbons (Fsp3) is 1.00. The topological polar surface area (TPSA) is 60.2 Å². The molecule has 1 aliphatic carbocycles. The maximum atomic E-state index is 11.6. The van der Waals surface area contributed by atoms with Gasteiger partial charge in [-0.3, -0.25) is 0 Å². The molecule has 0 bridgehead atoms. The molecule has 0 aromatic rings. The Bertz CT molecular complexity index is 268. The van der Waals surface area contributed by atoms with Crippen LogP contribution >= 0.6 is 0 Å². The summed E-state index contributed by atoms with van der Waals surface area (Å²) in [5.41, 5.74) is 5.70. The van der Waals surface area contributed by atoms with Gasteiger partial charge in [-0.05, 0) is 18.4 Å². The molecule has 1 saturated carbocycles. The van der Waals surface area contributed by atoms with E-state index < -0.39 is 9.84 Å². The highest BCUT2D eigenvalue weighted by Gasteiger charge is 2.26. The van der Waals surface area contributed by atoms with Crippen molar-refractivity contribution >= 4 is 9.84 Å². The molecule has 0 heterocycles. The molecule has 1 aliphatic rings. The Morgan fingerprint density at radius 1 is 1.27 bits per heavy atom. The molecule has 15 heavy (non-hydrogen) atoms. The predicted octanol–water partition coefficient (Wildman–Crippen LogP) is 1.58. The van der Waals surface area contributed by atoms with Gasteiger partial charge in [-0.15, -0.1) is 0 Å². The first-order valence-electron chi connectivity index (χ1n) is 5.99. The summed E-state index contributed by atoms with van der Waals surface area (Å²) in [5.74, 6) is 1.28. The second-order valence-electron chi connectivity index (χ2n) is 4.59. The van der Waals surface area contributed by atoms with Crippen molar-refractivity contribution in [2.75, 3.05) is 18.1 Å². The average Bonchev–Trinajstić information content (AvgIpc) is 2.27. The first-order valence-corrected chi connectivity index (χ1v) is 7.81. The molecule has 1 atom stereocenters. The van der Waals surface area contributed by atoms with E-state index in [1.54, 1.807) is 6.92 Å². The van der Waals surface area contributed by atoms with Gasteiger partial charge in [0, 0.05) is 5.75 Å². The van der Waals surface area contributed by atoms with Crippen molar-refractivity contribution < 1.29 is 8.42 Å². The van der Waals surface area contributed by atoms with Crippen molar-refractivity contribution in [1.29, 1.82) is 0 Å². The van der Waals surface area contributed by atoms with E-state index in [1.165, 1.54) is 32.1 Å². The van der Waals surface area contributed by atoms with Crippen molar-refractivity contribution in [3.05, 3.63) is 0 Å². The fourth-order valence-electron chi connectivity index (χ4n) is 2.45. The minimum absolute atomic E-state index is 0.190. The third kappa shape index (κ3) is 4.11. The lowest BCUT2D eigenvalue weighted by Crippen LogP contribution is -2.32. The minimum Gasteiger partial charge on any atom is -0.330 e. The van der Waals surface area contributed by atoms with E-state index in [1.807, 2.05) is 0 Å². The maximum absolute atomic E-state index is 11.6. The molecule has 90 valence electrons. The molecule has 0 aromatic carbocycles. The molecule has 1 rings (SSSR count). The van der Waals surface area contributed by atoms with Crippen molar-refractivity contribution in [2.24, 2.45) is 17.6 Å². The zero-order valence-electron chi connectivity index (χ0n) is 9.61. The van der Waals surface area contributed by atoms with E-state index in [9.17, 15) is 8.42 Å². The highest BCUT2D eigenvalue weighted by Crippen LogP contribution is 2.30. The lowest BCUT2D eigenvalue weighted by molar-refractivity contribution is 0.270. The number of sulfone groups is 1. The first kappa shape index (κ1) is 13.0. The molecular weight excluding hydrogens is 210 g/mol. The molecular formula is C11H23NO2S. The summed E-state index contributed by atoms with van der Waals surface area (Å²) in [6, 6.07) is 0. The monoisotopic (exact) mass is 233 g/mol. The highest BCUT2D eigenvalue weighted by molar-refractivity contribution is 7.91. The van der Waals surface area contributed by atoms with E-state index in [0.29, 0.717) is 18.2 Å². The van der Waals surface area contributed by atoms with Gasteiger partial charge in [0.25, 0.3) is 0 Å². The van der Waals surface area contributed by atoms with Gasteiger partial charge >= 0.3 is 0 Å². The third-order valence-electron chi connectivity index (χ3n) is 3.53. The summed E-state index contributed by atoms with van der Waals surface area (Å²) < 4.78 is 23.1. The van der Waals surface area contributed by atoms with Crippen LogP contribution in [0.15, 0.2) is 0 Å². The number of nitrogens with two attached hydrogens (primary N) is 1. The standard InChI is InChI=1S/C11H23NO2S/c1-2-15(13,14)9-11(8-12)10-6-4-3-5-7-10/h10-11H,2-9,12H2,1H3/t11-/m0/s1. The summed E-state index contributed by atoms with van der Waals surface area (Å²) in [6.45, 7) is 2.23. The molecule has 4 heteroatoms. The Labute approximate surface area is 93.3 Å². The van der Waals surface area contributed by atoms with Crippen molar-refractivity contribution in [2.45, 2.75) is 39.0 Å². The SMILES string of the molecule is CCS(=O)(=O)C[C@H](CN)C1CCCCC1. The van der Waals surface area contributed by atoms with Gasteiger partial charge in [-0.25, -0.2) is 8.42 Å². The third-order valence-corrected chi connectivity index (χ3v) is 5.34. The summed E-state index contributed by atoms with van der Waals surface area (Å²) in [5, 5.41) is 0. The molecule has 0 aliphatic heterocycles. The lowest BCUT2D eigenvalue weighted by atomic mass is 9.81.